The van der Waals surface area contributed by atoms with Gasteiger partial charge < -0.3 is 4.98 Å². The molecule has 4 nitrogen and oxygen atoms in total. The molecule has 1 aromatic carbocycles. The van der Waals surface area contributed by atoms with Gasteiger partial charge in [-0.1, -0.05) is 37.5 Å². The van der Waals surface area contributed by atoms with Crippen molar-refractivity contribution in [1.82, 2.24) is 19.9 Å². The Morgan fingerprint density at radius 2 is 2.00 bits per heavy atom. The van der Waals surface area contributed by atoms with Crippen molar-refractivity contribution in [2.75, 3.05) is 6.54 Å². The van der Waals surface area contributed by atoms with Crippen LogP contribution in [0, 0.1) is 0 Å². The van der Waals surface area contributed by atoms with Crippen LogP contribution < -0.4 is 0 Å². The van der Waals surface area contributed by atoms with E-state index in [-0.39, 0.29) is 0 Å². The van der Waals surface area contributed by atoms with Crippen molar-refractivity contribution in [2.24, 2.45) is 0 Å². The molecule has 3 heterocycles. The predicted molar refractivity (Wildman–Crippen MR) is 104 cm³/mol. The molecule has 2 aromatic heterocycles. The lowest BCUT2D eigenvalue weighted by Gasteiger charge is -2.28. The van der Waals surface area contributed by atoms with E-state index in [4.69, 9.17) is 9.97 Å². The third kappa shape index (κ3) is 3.14. The molecule has 1 N–H and O–H groups in total. The van der Waals surface area contributed by atoms with Gasteiger partial charge in [-0.2, -0.15) is 0 Å². The summed E-state index contributed by atoms with van der Waals surface area (Å²) in [6, 6.07) is 10.8. The van der Waals surface area contributed by atoms with Crippen LogP contribution in [0.2, 0.25) is 0 Å². The van der Waals surface area contributed by atoms with Crippen molar-refractivity contribution >= 4 is 10.9 Å². The van der Waals surface area contributed by atoms with Gasteiger partial charge in [0, 0.05) is 60.6 Å². The lowest BCUT2D eigenvalue weighted by atomic mass is 9.88. The summed E-state index contributed by atoms with van der Waals surface area (Å²) in [6.45, 7) is 2.98. The average molecular weight is 346 g/mol. The number of hydrogen-bond acceptors (Lipinski definition) is 3. The molecule has 0 atom stereocenters. The molecular formula is C22H26N4. The van der Waals surface area contributed by atoms with Crippen molar-refractivity contribution in [3.05, 3.63) is 59.3 Å². The normalized spacial score (nSPS) is 18.9. The first-order valence-electron chi connectivity index (χ1n) is 9.99. The Labute approximate surface area is 154 Å². The minimum absolute atomic E-state index is 0.596. The van der Waals surface area contributed by atoms with Gasteiger partial charge in [-0.05, 0) is 30.4 Å². The van der Waals surface area contributed by atoms with Gasteiger partial charge in [-0.15, -0.1) is 0 Å². The summed E-state index contributed by atoms with van der Waals surface area (Å²) in [7, 11) is 0. The van der Waals surface area contributed by atoms with Gasteiger partial charge in [0.05, 0.1) is 0 Å². The number of aromatic nitrogens is 3. The highest BCUT2D eigenvalue weighted by Crippen LogP contribution is 2.31. The minimum atomic E-state index is 0.596. The van der Waals surface area contributed by atoms with Crippen LogP contribution in [0.15, 0.2) is 36.5 Å². The average Bonchev–Trinajstić information content (AvgIpc) is 3.10. The van der Waals surface area contributed by atoms with E-state index in [1.165, 1.54) is 60.0 Å². The third-order valence-corrected chi connectivity index (χ3v) is 5.98. The number of benzene rings is 1. The largest absolute Gasteiger partial charge is 0.357 e. The standard InChI is InChI=1S/C22H26N4/c1-2-6-16(7-3-1)22-23-13-18-14-26(11-10-21(18)25-22)15-19-12-17-8-4-5-9-20(17)24-19/h4-5,8-9,12-13,16,24H,1-3,6-7,10-11,14-15H2. The van der Waals surface area contributed by atoms with E-state index in [0.29, 0.717) is 5.92 Å². The molecule has 3 aromatic rings. The molecule has 1 fully saturated rings. The monoisotopic (exact) mass is 346 g/mol. The summed E-state index contributed by atoms with van der Waals surface area (Å²) in [4.78, 5) is 15.8. The van der Waals surface area contributed by atoms with E-state index >= 15 is 0 Å². The van der Waals surface area contributed by atoms with Crippen LogP contribution in [0.1, 0.15) is 60.8 Å². The minimum Gasteiger partial charge on any atom is -0.357 e. The number of H-pyrrole nitrogens is 1. The fraction of sp³-hybridized carbons (Fsp3) is 0.455. The van der Waals surface area contributed by atoms with Crippen LogP contribution in [-0.2, 0) is 19.5 Å². The van der Waals surface area contributed by atoms with E-state index in [9.17, 15) is 0 Å². The van der Waals surface area contributed by atoms with E-state index < -0.39 is 0 Å². The zero-order chi connectivity index (χ0) is 17.3. The molecule has 2 aliphatic rings. The van der Waals surface area contributed by atoms with E-state index in [1.54, 1.807) is 0 Å². The highest BCUT2D eigenvalue weighted by molar-refractivity contribution is 5.80. The quantitative estimate of drug-likeness (QED) is 0.756. The Bertz CT molecular complexity index is 874. The molecule has 0 radical (unpaired) electrons. The fourth-order valence-corrected chi connectivity index (χ4v) is 4.54. The highest BCUT2D eigenvalue weighted by atomic mass is 15.1. The van der Waals surface area contributed by atoms with E-state index in [0.717, 1.165) is 31.9 Å². The van der Waals surface area contributed by atoms with Gasteiger partial charge in [0.1, 0.15) is 5.82 Å². The zero-order valence-corrected chi connectivity index (χ0v) is 15.2. The van der Waals surface area contributed by atoms with Gasteiger partial charge in [-0.3, -0.25) is 4.90 Å². The first-order chi connectivity index (χ1) is 12.8. The van der Waals surface area contributed by atoms with Crippen LogP contribution in [-0.4, -0.2) is 26.4 Å². The molecule has 0 unspecified atom stereocenters. The first-order valence-corrected chi connectivity index (χ1v) is 9.99. The summed E-state index contributed by atoms with van der Waals surface area (Å²) in [5.74, 6) is 1.70. The number of rotatable bonds is 3. The SMILES string of the molecule is c1ccc2[nH]c(CN3CCc4nc(C5CCCCC5)ncc4C3)cc2c1. The summed E-state index contributed by atoms with van der Waals surface area (Å²) < 4.78 is 0. The molecule has 0 spiro atoms. The fourth-order valence-electron chi connectivity index (χ4n) is 4.54. The van der Waals surface area contributed by atoms with Gasteiger partial charge in [0.15, 0.2) is 0 Å². The molecule has 0 amide bonds. The van der Waals surface area contributed by atoms with Crippen molar-refractivity contribution in [2.45, 2.75) is 57.5 Å². The molecule has 134 valence electrons. The van der Waals surface area contributed by atoms with Crippen LogP contribution in [0.5, 0.6) is 0 Å². The first kappa shape index (κ1) is 16.0. The second kappa shape index (κ2) is 6.84. The summed E-state index contributed by atoms with van der Waals surface area (Å²) in [6.07, 6.45) is 9.73. The van der Waals surface area contributed by atoms with Crippen LogP contribution in [0.3, 0.4) is 0 Å². The molecule has 1 saturated carbocycles. The Hall–Kier alpha value is -2.20. The maximum Gasteiger partial charge on any atom is 0.131 e. The Morgan fingerprint density at radius 1 is 1.12 bits per heavy atom. The summed E-state index contributed by atoms with van der Waals surface area (Å²) >= 11 is 0. The maximum absolute atomic E-state index is 4.97. The maximum atomic E-state index is 4.97. The summed E-state index contributed by atoms with van der Waals surface area (Å²) in [5.41, 5.74) is 5.11. The smallest absolute Gasteiger partial charge is 0.131 e. The van der Waals surface area contributed by atoms with Crippen molar-refractivity contribution in [3.8, 4) is 0 Å². The lowest BCUT2D eigenvalue weighted by molar-refractivity contribution is 0.240. The van der Waals surface area contributed by atoms with Crippen molar-refractivity contribution in [1.29, 1.82) is 0 Å². The molecule has 0 bridgehead atoms. The second-order valence-corrected chi connectivity index (χ2v) is 7.88. The van der Waals surface area contributed by atoms with Crippen molar-refractivity contribution in [3.63, 3.8) is 0 Å². The predicted octanol–water partition coefficient (Wildman–Crippen LogP) is 4.56. The van der Waals surface area contributed by atoms with Crippen LogP contribution in [0.25, 0.3) is 10.9 Å². The van der Waals surface area contributed by atoms with E-state index in [2.05, 4.69) is 46.4 Å². The van der Waals surface area contributed by atoms with Gasteiger partial charge in [0.25, 0.3) is 0 Å². The highest BCUT2D eigenvalue weighted by Gasteiger charge is 2.23. The van der Waals surface area contributed by atoms with Gasteiger partial charge in [0.2, 0.25) is 0 Å². The molecular weight excluding hydrogens is 320 g/mol. The van der Waals surface area contributed by atoms with Gasteiger partial charge in [-0.25, -0.2) is 9.97 Å². The number of aromatic amines is 1. The number of fused-ring (bicyclic) bond motifs is 2. The number of nitrogens with zero attached hydrogens (tertiary/aromatic N) is 3. The number of nitrogens with one attached hydrogen (secondary N) is 1. The molecule has 4 heteroatoms. The third-order valence-electron chi connectivity index (χ3n) is 5.98. The number of para-hydroxylation sites is 1. The van der Waals surface area contributed by atoms with E-state index in [1.807, 2.05) is 0 Å². The Kier molecular flexibility index (Phi) is 4.21. The molecule has 0 saturated heterocycles. The molecule has 1 aliphatic carbocycles. The Balaban J connectivity index is 1.30. The Morgan fingerprint density at radius 3 is 2.88 bits per heavy atom. The zero-order valence-electron chi connectivity index (χ0n) is 15.2. The van der Waals surface area contributed by atoms with Gasteiger partial charge >= 0.3 is 0 Å². The molecule has 5 rings (SSSR count). The molecule has 1 aliphatic heterocycles. The topological polar surface area (TPSA) is 44.8 Å². The summed E-state index contributed by atoms with van der Waals surface area (Å²) in [5, 5.41) is 1.29. The second-order valence-electron chi connectivity index (χ2n) is 7.88. The lowest BCUT2D eigenvalue weighted by Crippen LogP contribution is -2.31. The van der Waals surface area contributed by atoms with Crippen LogP contribution in [0.4, 0.5) is 0 Å². The number of hydrogen-bond donors (Lipinski definition) is 1. The van der Waals surface area contributed by atoms with Crippen LogP contribution >= 0.6 is 0 Å². The van der Waals surface area contributed by atoms with Crippen molar-refractivity contribution < 1.29 is 0 Å². The molecule has 26 heavy (non-hydrogen) atoms.